The molecule has 0 bridgehead atoms. The van der Waals surface area contributed by atoms with E-state index >= 15 is 4.39 Å². The number of nitrogens with one attached hydrogen (secondary N) is 2. The Morgan fingerprint density at radius 1 is 0.864 bits per heavy atom. The Balaban J connectivity index is 1.16. The zero-order chi connectivity index (χ0) is 30.7. The molecule has 6 rings (SSSR count). The fourth-order valence-electron chi connectivity index (χ4n) is 4.68. The van der Waals surface area contributed by atoms with Crippen molar-refractivity contribution >= 4 is 28.4 Å². The molecule has 0 saturated heterocycles. The monoisotopic (exact) mass is 595 g/mol. The number of carbonyl (C=O) groups is 2. The van der Waals surface area contributed by atoms with E-state index in [0.29, 0.717) is 47.6 Å². The average Bonchev–Trinajstić information content (AvgIpc) is 3.82. The maximum absolute atomic E-state index is 15.2. The SMILES string of the molecule is COc1cc2nccc(Oc3ccc(NC(=O)C4(NC(=O)c5ccc(F)cc5)CC4)cc3F)c2cc1OCc1ccccc1. The summed E-state index contributed by atoms with van der Waals surface area (Å²) >= 11 is 0. The van der Waals surface area contributed by atoms with Gasteiger partial charge in [-0.1, -0.05) is 30.3 Å². The van der Waals surface area contributed by atoms with Gasteiger partial charge in [0.15, 0.2) is 23.1 Å². The number of anilines is 1. The number of rotatable bonds is 10. The third-order valence-electron chi connectivity index (χ3n) is 7.28. The average molecular weight is 596 g/mol. The van der Waals surface area contributed by atoms with E-state index in [2.05, 4.69) is 15.6 Å². The second kappa shape index (κ2) is 12.0. The van der Waals surface area contributed by atoms with E-state index in [9.17, 15) is 14.0 Å². The number of nitrogens with zero attached hydrogens (tertiary/aromatic N) is 1. The molecular weight excluding hydrogens is 568 g/mol. The van der Waals surface area contributed by atoms with Crippen LogP contribution in [-0.2, 0) is 11.4 Å². The van der Waals surface area contributed by atoms with Gasteiger partial charge < -0.3 is 24.8 Å². The zero-order valence-electron chi connectivity index (χ0n) is 23.6. The van der Waals surface area contributed by atoms with Crippen molar-refractivity contribution in [2.24, 2.45) is 0 Å². The lowest BCUT2D eigenvalue weighted by molar-refractivity contribution is -0.118. The minimum atomic E-state index is -1.12. The lowest BCUT2D eigenvalue weighted by Crippen LogP contribution is -2.46. The molecule has 2 N–H and O–H groups in total. The van der Waals surface area contributed by atoms with Gasteiger partial charge in [-0.3, -0.25) is 14.6 Å². The molecule has 0 atom stereocenters. The number of hydrogen-bond acceptors (Lipinski definition) is 6. The number of hydrogen-bond donors (Lipinski definition) is 2. The normalized spacial score (nSPS) is 13.2. The van der Waals surface area contributed by atoms with E-state index in [1.54, 1.807) is 24.4 Å². The predicted octanol–water partition coefficient (Wildman–Crippen LogP) is 6.79. The Morgan fingerprint density at radius 2 is 1.64 bits per heavy atom. The molecule has 0 spiro atoms. The van der Waals surface area contributed by atoms with Crippen molar-refractivity contribution in [3.63, 3.8) is 0 Å². The van der Waals surface area contributed by atoms with Crippen LogP contribution in [0.15, 0.2) is 97.2 Å². The first-order valence-corrected chi connectivity index (χ1v) is 13.8. The van der Waals surface area contributed by atoms with Crippen LogP contribution < -0.4 is 24.8 Å². The number of methoxy groups -OCH3 is 1. The number of benzene rings is 4. The standard InChI is InChI=1S/C34H27F2N3O5/c1-42-30-19-27-25(18-31(30)43-20-21-5-3-2-4-6-21)28(13-16-37-27)44-29-12-11-24(17-26(29)36)38-33(41)34(14-15-34)39-32(40)22-7-9-23(35)10-8-22/h2-13,16-19H,14-15,20H2,1H3,(H,38,41)(H,39,40). The highest BCUT2D eigenvalue weighted by molar-refractivity contribution is 6.05. The molecule has 0 aliphatic heterocycles. The number of fused-ring (bicyclic) bond motifs is 1. The zero-order valence-corrected chi connectivity index (χ0v) is 23.6. The Morgan fingerprint density at radius 3 is 2.34 bits per heavy atom. The van der Waals surface area contributed by atoms with Gasteiger partial charge in [0.25, 0.3) is 5.91 Å². The van der Waals surface area contributed by atoms with Crippen LogP contribution in [0.4, 0.5) is 14.5 Å². The summed E-state index contributed by atoms with van der Waals surface area (Å²) in [6.07, 6.45) is 2.39. The minimum Gasteiger partial charge on any atom is -0.493 e. The van der Waals surface area contributed by atoms with Crippen molar-refractivity contribution in [2.75, 3.05) is 12.4 Å². The molecule has 1 aromatic heterocycles. The van der Waals surface area contributed by atoms with Crippen molar-refractivity contribution in [2.45, 2.75) is 25.0 Å². The van der Waals surface area contributed by atoms with Crippen molar-refractivity contribution in [3.05, 3.63) is 120 Å². The Kier molecular flexibility index (Phi) is 7.80. The molecule has 4 aromatic carbocycles. The van der Waals surface area contributed by atoms with Gasteiger partial charge in [0.2, 0.25) is 5.91 Å². The first kappa shape index (κ1) is 28.6. The molecule has 1 saturated carbocycles. The number of carbonyl (C=O) groups excluding carboxylic acids is 2. The molecule has 44 heavy (non-hydrogen) atoms. The summed E-state index contributed by atoms with van der Waals surface area (Å²) in [4.78, 5) is 30.0. The summed E-state index contributed by atoms with van der Waals surface area (Å²) in [5.41, 5.74) is 0.856. The maximum Gasteiger partial charge on any atom is 0.252 e. The predicted molar refractivity (Wildman–Crippen MR) is 160 cm³/mol. The summed E-state index contributed by atoms with van der Waals surface area (Å²) < 4.78 is 45.9. The van der Waals surface area contributed by atoms with Gasteiger partial charge in [0.05, 0.1) is 12.6 Å². The molecule has 1 fully saturated rings. The molecule has 0 radical (unpaired) electrons. The van der Waals surface area contributed by atoms with E-state index in [1.807, 2.05) is 30.3 Å². The number of ether oxygens (including phenoxy) is 3. The molecule has 5 aromatic rings. The summed E-state index contributed by atoms with van der Waals surface area (Å²) in [6, 6.07) is 23.8. The van der Waals surface area contributed by atoms with Crippen LogP contribution in [0.2, 0.25) is 0 Å². The topological polar surface area (TPSA) is 98.8 Å². The highest BCUT2D eigenvalue weighted by Gasteiger charge is 2.51. The summed E-state index contributed by atoms with van der Waals surface area (Å²) in [5, 5.41) is 5.97. The molecule has 8 nitrogen and oxygen atoms in total. The van der Waals surface area contributed by atoms with E-state index in [-0.39, 0.29) is 17.0 Å². The van der Waals surface area contributed by atoms with E-state index in [0.717, 1.165) is 11.6 Å². The van der Waals surface area contributed by atoms with Gasteiger partial charge in [-0.15, -0.1) is 0 Å². The summed E-state index contributed by atoms with van der Waals surface area (Å²) in [7, 11) is 1.54. The number of halogens is 2. The molecule has 1 heterocycles. The first-order chi connectivity index (χ1) is 21.3. The minimum absolute atomic E-state index is 0.0659. The maximum atomic E-state index is 15.2. The molecule has 1 aliphatic carbocycles. The van der Waals surface area contributed by atoms with E-state index in [1.165, 1.54) is 43.5 Å². The van der Waals surface area contributed by atoms with Crippen LogP contribution in [0.25, 0.3) is 10.9 Å². The van der Waals surface area contributed by atoms with Gasteiger partial charge in [0.1, 0.15) is 23.7 Å². The Bertz CT molecular complexity index is 1840. The van der Waals surface area contributed by atoms with Gasteiger partial charge in [-0.2, -0.15) is 0 Å². The lowest BCUT2D eigenvalue weighted by atomic mass is 10.1. The summed E-state index contributed by atoms with van der Waals surface area (Å²) in [6.45, 7) is 0.318. The van der Waals surface area contributed by atoms with Gasteiger partial charge >= 0.3 is 0 Å². The molecule has 222 valence electrons. The summed E-state index contributed by atoms with van der Waals surface area (Å²) in [5.74, 6) is -0.900. The number of amides is 2. The van der Waals surface area contributed by atoms with E-state index in [4.69, 9.17) is 14.2 Å². The van der Waals surface area contributed by atoms with Crippen molar-refractivity contribution < 1.29 is 32.6 Å². The highest BCUT2D eigenvalue weighted by Crippen LogP contribution is 2.39. The fraction of sp³-hybridized carbons (Fsp3) is 0.147. The molecule has 1 aliphatic rings. The van der Waals surface area contributed by atoms with Crippen LogP contribution in [-0.4, -0.2) is 29.4 Å². The van der Waals surface area contributed by atoms with E-state index < -0.39 is 29.0 Å². The number of aromatic nitrogens is 1. The van der Waals surface area contributed by atoms with Crippen molar-refractivity contribution in [1.82, 2.24) is 10.3 Å². The van der Waals surface area contributed by atoms with Crippen molar-refractivity contribution in [1.29, 1.82) is 0 Å². The van der Waals surface area contributed by atoms with Gasteiger partial charge in [-0.25, -0.2) is 8.78 Å². The van der Waals surface area contributed by atoms with Crippen LogP contribution in [0.3, 0.4) is 0 Å². The second-order valence-corrected chi connectivity index (χ2v) is 10.3. The molecule has 10 heteroatoms. The number of pyridine rings is 1. The van der Waals surface area contributed by atoms with Crippen LogP contribution >= 0.6 is 0 Å². The van der Waals surface area contributed by atoms with Crippen LogP contribution in [0.1, 0.15) is 28.8 Å². The molecule has 0 unspecified atom stereocenters. The smallest absolute Gasteiger partial charge is 0.252 e. The van der Waals surface area contributed by atoms with Crippen LogP contribution in [0.5, 0.6) is 23.0 Å². The third-order valence-corrected chi connectivity index (χ3v) is 7.28. The van der Waals surface area contributed by atoms with Crippen molar-refractivity contribution in [3.8, 4) is 23.0 Å². The largest absolute Gasteiger partial charge is 0.493 e. The third kappa shape index (κ3) is 6.14. The lowest BCUT2D eigenvalue weighted by Gasteiger charge is -2.18. The quantitative estimate of drug-likeness (QED) is 0.184. The fourth-order valence-corrected chi connectivity index (χ4v) is 4.68. The highest BCUT2D eigenvalue weighted by atomic mass is 19.1. The first-order valence-electron chi connectivity index (χ1n) is 13.8. The Hall–Kier alpha value is -5.51. The van der Waals surface area contributed by atoms with Gasteiger partial charge in [0, 0.05) is 35.0 Å². The molecule has 2 amide bonds. The Labute approximate surface area is 251 Å². The van der Waals surface area contributed by atoms with Gasteiger partial charge in [-0.05, 0) is 66.9 Å². The van der Waals surface area contributed by atoms with Crippen LogP contribution in [0, 0.1) is 11.6 Å². The molecular formula is C34H27F2N3O5. The second-order valence-electron chi connectivity index (χ2n) is 10.3.